The lowest BCUT2D eigenvalue weighted by atomic mass is 10.1. The SMILES string of the molecule is COCCN1C(=O)C(=Cc2cn(CC(N)=O)c3ccccc23)SC1=Nc1ccccc1. The Morgan fingerprint density at radius 1 is 1.16 bits per heavy atom. The van der Waals surface area contributed by atoms with E-state index in [1.54, 1.807) is 16.6 Å². The van der Waals surface area contributed by atoms with E-state index in [0.717, 1.165) is 22.2 Å². The van der Waals surface area contributed by atoms with Gasteiger partial charge in [0.15, 0.2) is 5.17 Å². The number of hydrogen-bond acceptors (Lipinski definition) is 5. The Hall–Kier alpha value is -3.36. The van der Waals surface area contributed by atoms with Gasteiger partial charge in [-0.2, -0.15) is 0 Å². The van der Waals surface area contributed by atoms with E-state index in [1.807, 2.05) is 66.9 Å². The first-order valence-electron chi connectivity index (χ1n) is 9.77. The quantitative estimate of drug-likeness (QED) is 0.577. The third kappa shape index (κ3) is 4.55. The van der Waals surface area contributed by atoms with Crippen molar-refractivity contribution in [2.24, 2.45) is 10.7 Å². The Morgan fingerprint density at radius 3 is 2.65 bits per heavy atom. The molecular formula is C23H22N4O3S. The minimum atomic E-state index is -0.422. The minimum Gasteiger partial charge on any atom is -0.383 e. The lowest BCUT2D eigenvalue weighted by Crippen LogP contribution is -2.32. The van der Waals surface area contributed by atoms with Crippen LogP contribution in [0.3, 0.4) is 0 Å². The highest BCUT2D eigenvalue weighted by Gasteiger charge is 2.33. The molecule has 0 bridgehead atoms. The Balaban J connectivity index is 1.73. The number of carbonyl (C=O) groups excluding carboxylic acids is 2. The van der Waals surface area contributed by atoms with Crippen molar-refractivity contribution < 1.29 is 14.3 Å². The molecule has 2 heterocycles. The number of amidine groups is 1. The van der Waals surface area contributed by atoms with E-state index in [9.17, 15) is 9.59 Å². The zero-order chi connectivity index (χ0) is 21.8. The molecule has 1 saturated heterocycles. The van der Waals surface area contributed by atoms with Crippen molar-refractivity contribution in [2.45, 2.75) is 6.54 Å². The summed E-state index contributed by atoms with van der Waals surface area (Å²) in [6.45, 7) is 0.894. The van der Waals surface area contributed by atoms with E-state index in [-0.39, 0.29) is 12.5 Å². The zero-order valence-electron chi connectivity index (χ0n) is 17.0. The number of benzene rings is 2. The predicted octanol–water partition coefficient (Wildman–Crippen LogP) is 3.38. The average molecular weight is 435 g/mol. The zero-order valence-corrected chi connectivity index (χ0v) is 17.8. The molecule has 158 valence electrons. The number of methoxy groups -OCH3 is 1. The number of aromatic nitrogens is 1. The molecule has 8 heteroatoms. The van der Waals surface area contributed by atoms with E-state index in [0.29, 0.717) is 23.2 Å². The Bertz CT molecular complexity index is 1180. The third-order valence-corrected chi connectivity index (χ3v) is 5.83. The van der Waals surface area contributed by atoms with Crippen LogP contribution < -0.4 is 5.73 Å². The van der Waals surface area contributed by atoms with Crippen molar-refractivity contribution >= 4 is 51.4 Å². The van der Waals surface area contributed by atoms with Gasteiger partial charge in [0.1, 0.15) is 6.54 Å². The average Bonchev–Trinajstić information content (AvgIpc) is 3.25. The van der Waals surface area contributed by atoms with Crippen LogP contribution in [0, 0.1) is 0 Å². The molecule has 2 aromatic carbocycles. The summed E-state index contributed by atoms with van der Waals surface area (Å²) in [5.74, 6) is -0.544. The molecule has 0 saturated carbocycles. The van der Waals surface area contributed by atoms with Crippen molar-refractivity contribution in [3.05, 3.63) is 71.3 Å². The molecule has 1 fully saturated rings. The summed E-state index contributed by atoms with van der Waals surface area (Å²) in [5.41, 5.74) is 7.91. The number of nitrogens with zero attached hydrogens (tertiary/aromatic N) is 3. The van der Waals surface area contributed by atoms with E-state index in [1.165, 1.54) is 11.8 Å². The highest BCUT2D eigenvalue weighted by atomic mass is 32.2. The summed E-state index contributed by atoms with van der Waals surface area (Å²) in [7, 11) is 1.60. The molecule has 1 aliphatic heterocycles. The van der Waals surface area contributed by atoms with E-state index < -0.39 is 5.91 Å². The maximum atomic E-state index is 13.2. The standard InChI is InChI=1S/C23H22N4O3S/c1-30-12-11-27-22(29)20(31-23(27)25-17-7-3-2-4-8-17)13-16-14-26(15-21(24)28)19-10-6-5-9-18(16)19/h2-10,13-14H,11-12,15H2,1H3,(H2,24,28). The molecule has 31 heavy (non-hydrogen) atoms. The van der Waals surface area contributed by atoms with E-state index in [2.05, 4.69) is 4.99 Å². The van der Waals surface area contributed by atoms with Crippen LogP contribution in [0.5, 0.6) is 0 Å². The third-order valence-electron chi connectivity index (χ3n) is 4.82. The summed E-state index contributed by atoms with van der Waals surface area (Å²) in [5, 5.41) is 1.56. The fourth-order valence-corrected chi connectivity index (χ4v) is 4.43. The molecule has 0 radical (unpaired) electrons. The molecule has 2 N–H and O–H groups in total. The minimum absolute atomic E-state index is 0.0749. The molecule has 0 aliphatic carbocycles. The maximum absolute atomic E-state index is 13.2. The lowest BCUT2D eigenvalue weighted by Gasteiger charge is -2.14. The maximum Gasteiger partial charge on any atom is 0.266 e. The molecule has 2 amide bonds. The van der Waals surface area contributed by atoms with Gasteiger partial charge in [0.25, 0.3) is 5.91 Å². The van der Waals surface area contributed by atoms with Crippen LogP contribution in [0.4, 0.5) is 5.69 Å². The number of para-hydroxylation sites is 2. The normalized spacial score (nSPS) is 16.7. The van der Waals surface area contributed by atoms with Gasteiger partial charge in [-0.3, -0.25) is 14.5 Å². The van der Waals surface area contributed by atoms with Crippen LogP contribution in [-0.2, 0) is 20.9 Å². The summed E-state index contributed by atoms with van der Waals surface area (Å²) < 4.78 is 6.98. The van der Waals surface area contributed by atoms with Crippen LogP contribution in [0.25, 0.3) is 17.0 Å². The number of nitrogens with two attached hydrogens (primary N) is 1. The van der Waals surface area contributed by atoms with Gasteiger partial charge >= 0.3 is 0 Å². The number of primary amides is 1. The van der Waals surface area contributed by atoms with Gasteiger partial charge < -0.3 is 15.0 Å². The van der Waals surface area contributed by atoms with Gasteiger partial charge in [-0.1, -0.05) is 36.4 Å². The van der Waals surface area contributed by atoms with Gasteiger partial charge in [-0.15, -0.1) is 0 Å². The number of carbonyl (C=O) groups is 2. The lowest BCUT2D eigenvalue weighted by molar-refractivity contribution is -0.122. The van der Waals surface area contributed by atoms with Gasteiger partial charge in [-0.25, -0.2) is 4.99 Å². The Morgan fingerprint density at radius 2 is 1.90 bits per heavy atom. The first kappa shape index (κ1) is 20.9. The van der Waals surface area contributed by atoms with Crippen molar-refractivity contribution in [3.63, 3.8) is 0 Å². The van der Waals surface area contributed by atoms with Gasteiger partial charge in [-0.05, 0) is 36.0 Å². The number of hydrogen-bond donors (Lipinski definition) is 1. The van der Waals surface area contributed by atoms with Gasteiger partial charge in [0, 0.05) is 29.8 Å². The van der Waals surface area contributed by atoms with Crippen molar-refractivity contribution in [3.8, 4) is 0 Å². The fraction of sp³-hybridized carbons (Fsp3) is 0.174. The smallest absolute Gasteiger partial charge is 0.266 e. The molecule has 1 aliphatic rings. The first-order chi connectivity index (χ1) is 15.1. The second kappa shape index (κ2) is 9.20. The van der Waals surface area contributed by atoms with Crippen LogP contribution >= 0.6 is 11.8 Å². The van der Waals surface area contributed by atoms with Gasteiger partial charge in [0.2, 0.25) is 5.91 Å². The molecule has 0 spiro atoms. The van der Waals surface area contributed by atoms with Crippen molar-refractivity contribution in [1.29, 1.82) is 0 Å². The monoisotopic (exact) mass is 434 g/mol. The summed E-state index contributed by atoms with van der Waals surface area (Å²) in [6, 6.07) is 17.3. The van der Waals surface area contributed by atoms with Crippen LogP contribution in [0.15, 0.2) is 70.7 Å². The Labute approximate surface area is 184 Å². The molecule has 4 rings (SSSR count). The Kier molecular flexibility index (Phi) is 6.20. The topological polar surface area (TPSA) is 89.9 Å². The molecule has 7 nitrogen and oxygen atoms in total. The summed E-state index contributed by atoms with van der Waals surface area (Å²) >= 11 is 1.33. The van der Waals surface area contributed by atoms with Crippen LogP contribution in [0.2, 0.25) is 0 Å². The number of amides is 2. The van der Waals surface area contributed by atoms with Crippen molar-refractivity contribution in [1.82, 2.24) is 9.47 Å². The summed E-state index contributed by atoms with van der Waals surface area (Å²) in [4.78, 5) is 31.5. The van der Waals surface area contributed by atoms with Crippen LogP contribution in [0.1, 0.15) is 5.56 Å². The molecule has 3 aromatic rings. The highest BCUT2D eigenvalue weighted by molar-refractivity contribution is 8.18. The van der Waals surface area contributed by atoms with E-state index in [4.69, 9.17) is 10.5 Å². The molecular weight excluding hydrogens is 412 g/mol. The highest BCUT2D eigenvalue weighted by Crippen LogP contribution is 2.35. The number of ether oxygens (including phenoxy) is 1. The molecule has 0 atom stereocenters. The number of thioether (sulfide) groups is 1. The predicted molar refractivity (Wildman–Crippen MR) is 124 cm³/mol. The fourth-order valence-electron chi connectivity index (χ4n) is 3.41. The number of fused-ring (bicyclic) bond motifs is 1. The van der Waals surface area contributed by atoms with Crippen molar-refractivity contribution in [2.75, 3.05) is 20.3 Å². The first-order valence-corrected chi connectivity index (χ1v) is 10.6. The second-order valence-electron chi connectivity index (χ2n) is 6.99. The summed E-state index contributed by atoms with van der Waals surface area (Å²) in [6.07, 6.45) is 3.70. The number of aliphatic imine (C=N–C) groups is 1. The molecule has 1 aromatic heterocycles. The largest absolute Gasteiger partial charge is 0.383 e. The van der Waals surface area contributed by atoms with Crippen LogP contribution in [-0.4, -0.2) is 46.7 Å². The molecule has 0 unspecified atom stereocenters. The number of rotatable bonds is 7. The van der Waals surface area contributed by atoms with Gasteiger partial charge in [0.05, 0.1) is 23.7 Å². The second-order valence-corrected chi connectivity index (χ2v) is 8.00. The van der Waals surface area contributed by atoms with E-state index >= 15 is 0 Å².